The Bertz CT molecular complexity index is 784. The van der Waals surface area contributed by atoms with Crippen LogP contribution in [0.5, 0.6) is 0 Å². The van der Waals surface area contributed by atoms with Gasteiger partial charge in [0.15, 0.2) is 6.29 Å². The van der Waals surface area contributed by atoms with Crippen molar-refractivity contribution in [3.05, 3.63) is 47.4 Å². The number of rotatable bonds is 5. The predicted octanol–water partition coefficient (Wildman–Crippen LogP) is 2.56. The molecule has 2 heterocycles. The fourth-order valence-electron chi connectivity index (χ4n) is 2.36. The van der Waals surface area contributed by atoms with Crippen LogP contribution in [0.2, 0.25) is 0 Å². The second-order valence-corrected chi connectivity index (χ2v) is 5.27. The Kier molecular flexibility index (Phi) is 4.37. The molecule has 1 saturated heterocycles. The zero-order valence-corrected chi connectivity index (χ0v) is 12.9. The van der Waals surface area contributed by atoms with E-state index in [-0.39, 0.29) is 11.6 Å². The molecule has 0 radical (unpaired) electrons. The maximum absolute atomic E-state index is 13.7. The highest BCUT2D eigenvalue weighted by Gasteiger charge is 2.25. The summed E-state index contributed by atoms with van der Waals surface area (Å²) in [5, 5.41) is 3.05. The fourth-order valence-corrected chi connectivity index (χ4v) is 2.36. The fraction of sp³-hybridized carbons (Fsp3) is 0.250. The van der Waals surface area contributed by atoms with Crippen molar-refractivity contribution in [1.29, 1.82) is 0 Å². The van der Waals surface area contributed by atoms with Gasteiger partial charge in [-0.3, -0.25) is 9.69 Å². The van der Waals surface area contributed by atoms with Crippen LogP contribution in [0.4, 0.5) is 21.0 Å². The third-order valence-corrected chi connectivity index (χ3v) is 3.68. The number of ether oxygens (including phenoxy) is 1. The van der Waals surface area contributed by atoms with Crippen molar-refractivity contribution in [2.75, 3.05) is 23.4 Å². The average Bonchev–Trinajstić information content (AvgIpc) is 3.01. The minimum atomic E-state index is -0.578. The van der Waals surface area contributed by atoms with Gasteiger partial charge in [-0.15, -0.1) is 0 Å². The van der Waals surface area contributed by atoms with Crippen LogP contribution in [0.15, 0.2) is 30.5 Å². The second-order valence-electron chi connectivity index (χ2n) is 5.27. The molecule has 1 aliphatic heterocycles. The first-order valence-electron chi connectivity index (χ1n) is 7.37. The van der Waals surface area contributed by atoms with Crippen molar-refractivity contribution < 1.29 is 18.7 Å². The first-order valence-corrected chi connectivity index (χ1v) is 7.37. The quantitative estimate of drug-likeness (QED) is 0.848. The lowest BCUT2D eigenvalue weighted by Gasteiger charge is -2.16. The van der Waals surface area contributed by atoms with E-state index in [1.54, 1.807) is 12.1 Å². The minimum Gasteiger partial charge on any atom is -0.447 e. The molecule has 1 aromatic heterocycles. The Labute approximate surface area is 137 Å². The van der Waals surface area contributed by atoms with Crippen molar-refractivity contribution >= 4 is 24.1 Å². The van der Waals surface area contributed by atoms with E-state index >= 15 is 0 Å². The van der Waals surface area contributed by atoms with E-state index in [0.717, 1.165) is 0 Å². The first-order chi connectivity index (χ1) is 11.6. The van der Waals surface area contributed by atoms with Crippen LogP contribution >= 0.6 is 0 Å². The lowest BCUT2D eigenvalue weighted by Crippen LogP contribution is -2.25. The third-order valence-electron chi connectivity index (χ3n) is 3.68. The number of halogens is 1. The van der Waals surface area contributed by atoms with Crippen LogP contribution in [0, 0.1) is 5.82 Å². The van der Waals surface area contributed by atoms with Gasteiger partial charge in [-0.25, -0.2) is 14.2 Å². The lowest BCUT2D eigenvalue weighted by molar-refractivity contribution is 0.111. The van der Waals surface area contributed by atoms with Gasteiger partial charge in [0.25, 0.3) is 0 Å². The first kappa shape index (κ1) is 15.9. The summed E-state index contributed by atoms with van der Waals surface area (Å²) >= 11 is 0. The number of cyclic esters (lactones) is 1. The Balaban J connectivity index is 1.77. The van der Waals surface area contributed by atoms with Crippen molar-refractivity contribution in [3.63, 3.8) is 0 Å². The van der Waals surface area contributed by atoms with Gasteiger partial charge in [0, 0.05) is 6.20 Å². The number of carbonyl (C=O) groups excluding carboxylic acids is 2. The SMILES string of the molecule is CC(Nc1nccc(N2CCOC2=O)n1)c1ccc(C=O)c(F)c1. The number of carbonyl (C=O) groups is 2. The summed E-state index contributed by atoms with van der Waals surface area (Å²) in [6, 6.07) is 5.70. The van der Waals surface area contributed by atoms with E-state index in [2.05, 4.69) is 15.3 Å². The number of hydrogen-bond donors (Lipinski definition) is 1. The van der Waals surface area contributed by atoms with Crippen LogP contribution in [0.1, 0.15) is 28.9 Å². The Morgan fingerprint density at radius 1 is 1.42 bits per heavy atom. The number of nitrogens with one attached hydrogen (secondary N) is 1. The van der Waals surface area contributed by atoms with Crippen LogP contribution in [0.25, 0.3) is 0 Å². The summed E-state index contributed by atoms with van der Waals surface area (Å²) in [6.07, 6.45) is 1.55. The van der Waals surface area contributed by atoms with Crippen LogP contribution in [0.3, 0.4) is 0 Å². The number of anilines is 2. The maximum Gasteiger partial charge on any atom is 0.415 e. The number of nitrogens with zero attached hydrogens (tertiary/aromatic N) is 3. The van der Waals surface area contributed by atoms with Crippen molar-refractivity contribution in [1.82, 2.24) is 9.97 Å². The summed E-state index contributed by atoms with van der Waals surface area (Å²) in [7, 11) is 0. The van der Waals surface area contributed by atoms with Gasteiger partial charge in [-0.05, 0) is 30.7 Å². The van der Waals surface area contributed by atoms with Crippen molar-refractivity contribution in [2.24, 2.45) is 0 Å². The molecule has 0 bridgehead atoms. The largest absolute Gasteiger partial charge is 0.447 e. The van der Waals surface area contributed by atoms with Gasteiger partial charge in [-0.2, -0.15) is 4.98 Å². The van der Waals surface area contributed by atoms with Crippen molar-refractivity contribution in [3.8, 4) is 0 Å². The number of amides is 1. The van der Waals surface area contributed by atoms with Crippen molar-refractivity contribution in [2.45, 2.75) is 13.0 Å². The van der Waals surface area contributed by atoms with E-state index in [1.165, 1.54) is 23.2 Å². The molecular weight excluding hydrogens is 315 g/mol. The monoisotopic (exact) mass is 330 g/mol. The Hall–Kier alpha value is -3.03. The molecule has 3 rings (SSSR count). The van der Waals surface area contributed by atoms with Crippen LogP contribution in [-0.4, -0.2) is 35.5 Å². The third kappa shape index (κ3) is 3.17. The van der Waals surface area contributed by atoms with Crippen LogP contribution < -0.4 is 10.2 Å². The molecule has 8 heteroatoms. The van der Waals surface area contributed by atoms with Gasteiger partial charge >= 0.3 is 6.09 Å². The molecule has 1 atom stereocenters. The molecular formula is C16H15FN4O3. The summed E-state index contributed by atoms with van der Waals surface area (Å²) < 4.78 is 18.6. The molecule has 1 aromatic carbocycles. The standard InChI is InChI=1S/C16H15FN4O3/c1-10(11-2-3-12(9-22)13(17)8-11)19-15-18-5-4-14(20-15)21-6-7-24-16(21)23/h2-5,8-10H,6-7H2,1H3,(H,18,19,20). The van der Waals surface area contributed by atoms with E-state index in [1.807, 2.05) is 6.92 Å². The second kappa shape index (κ2) is 6.61. The highest BCUT2D eigenvalue weighted by Crippen LogP contribution is 2.21. The van der Waals surface area contributed by atoms with Gasteiger partial charge in [0.2, 0.25) is 5.95 Å². The molecule has 1 aliphatic rings. The molecule has 0 aliphatic carbocycles. The predicted molar refractivity (Wildman–Crippen MR) is 84.6 cm³/mol. The maximum atomic E-state index is 13.7. The van der Waals surface area contributed by atoms with Gasteiger partial charge in [-0.1, -0.05) is 6.07 Å². The molecule has 2 aromatic rings. The van der Waals surface area contributed by atoms with E-state index in [4.69, 9.17) is 4.74 Å². The normalized spacial score (nSPS) is 15.1. The van der Waals surface area contributed by atoms with Crippen LogP contribution in [-0.2, 0) is 4.74 Å². The summed E-state index contributed by atoms with van der Waals surface area (Å²) in [5.41, 5.74) is 0.657. The number of hydrogen-bond acceptors (Lipinski definition) is 6. The highest BCUT2D eigenvalue weighted by atomic mass is 19.1. The average molecular weight is 330 g/mol. The summed E-state index contributed by atoms with van der Waals surface area (Å²) in [6.45, 7) is 2.57. The molecule has 1 unspecified atom stereocenters. The molecule has 124 valence electrons. The van der Waals surface area contributed by atoms with Gasteiger partial charge in [0.05, 0.1) is 18.2 Å². The topological polar surface area (TPSA) is 84.4 Å². The van der Waals surface area contributed by atoms with E-state index in [0.29, 0.717) is 36.8 Å². The molecule has 24 heavy (non-hydrogen) atoms. The number of aldehydes is 1. The molecule has 0 spiro atoms. The smallest absolute Gasteiger partial charge is 0.415 e. The lowest BCUT2D eigenvalue weighted by atomic mass is 10.1. The molecule has 1 N–H and O–H groups in total. The Morgan fingerprint density at radius 3 is 2.92 bits per heavy atom. The van der Waals surface area contributed by atoms with Gasteiger partial charge in [0.1, 0.15) is 18.2 Å². The van der Waals surface area contributed by atoms with E-state index < -0.39 is 11.9 Å². The number of aromatic nitrogens is 2. The molecule has 0 saturated carbocycles. The summed E-state index contributed by atoms with van der Waals surface area (Å²) in [5.74, 6) is 0.162. The minimum absolute atomic E-state index is 0.0109. The molecule has 1 fully saturated rings. The Morgan fingerprint density at radius 2 is 2.25 bits per heavy atom. The highest BCUT2D eigenvalue weighted by molar-refractivity contribution is 5.88. The zero-order chi connectivity index (χ0) is 17.1. The summed E-state index contributed by atoms with van der Waals surface area (Å²) in [4.78, 5) is 32.1. The molecule has 7 nitrogen and oxygen atoms in total. The number of benzene rings is 1. The van der Waals surface area contributed by atoms with Gasteiger partial charge < -0.3 is 10.1 Å². The molecule has 1 amide bonds. The zero-order valence-electron chi connectivity index (χ0n) is 12.9. The van der Waals surface area contributed by atoms with E-state index in [9.17, 15) is 14.0 Å².